The van der Waals surface area contributed by atoms with Crippen molar-refractivity contribution >= 4 is 39.2 Å². The SMILES string of the molecule is O=[N+]([O-])c1ccc2cc(I)oc2c1. The van der Waals surface area contributed by atoms with Gasteiger partial charge < -0.3 is 4.42 Å². The highest BCUT2D eigenvalue weighted by molar-refractivity contribution is 14.1. The van der Waals surface area contributed by atoms with Crippen molar-refractivity contribution in [2.24, 2.45) is 0 Å². The summed E-state index contributed by atoms with van der Waals surface area (Å²) < 4.78 is 5.97. The van der Waals surface area contributed by atoms with Gasteiger partial charge in [-0.1, -0.05) is 0 Å². The first kappa shape index (κ1) is 8.49. The molecule has 66 valence electrons. The molecule has 1 heterocycles. The van der Waals surface area contributed by atoms with Gasteiger partial charge in [-0.3, -0.25) is 10.1 Å². The van der Waals surface area contributed by atoms with Gasteiger partial charge in [-0.25, -0.2) is 0 Å². The lowest BCUT2D eigenvalue weighted by Crippen LogP contribution is -1.85. The normalized spacial score (nSPS) is 10.5. The second kappa shape index (κ2) is 2.99. The molecule has 0 saturated heterocycles. The van der Waals surface area contributed by atoms with E-state index in [1.165, 1.54) is 12.1 Å². The molecule has 2 rings (SSSR count). The number of furan rings is 1. The first-order valence-electron chi connectivity index (χ1n) is 3.50. The summed E-state index contributed by atoms with van der Waals surface area (Å²) in [6.07, 6.45) is 0. The highest BCUT2D eigenvalue weighted by atomic mass is 127. The Hall–Kier alpha value is -1.11. The van der Waals surface area contributed by atoms with Crippen LogP contribution in [0, 0.1) is 13.9 Å². The van der Waals surface area contributed by atoms with Crippen LogP contribution in [0.15, 0.2) is 28.7 Å². The van der Waals surface area contributed by atoms with Crippen molar-refractivity contribution in [3.05, 3.63) is 38.1 Å². The second-order valence-electron chi connectivity index (χ2n) is 2.53. The fraction of sp³-hybridized carbons (Fsp3) is 0. The third-order valence-electron chi connectivity index (χ3n) is 1.68. The van der Waals surface area contributed by atoms with E-state index >= 15 is 0 Å². The van der Waals surface area contributed by atoms with Crippen molar-refractivity contribution in [1.82, 2.24) is 0 Å². The van der Waals surface area contributed by atoms with E-state index in [9.17, 15) is 10.1 Å². The summed E-state index contributed by atoms with van der Waals surface area (Å²) in [5.74, 6) is 0. The second-order valence-corrected chi connectivity index (χ2v) is 3.59. The van der Waals surface area contributed by atoms with E-state index in [0.717, 1.165) is 9.15 Å². The van der Waals surface area contributed by atoms with Crippen molar-refractivity contribution in [3.8, 4) is 0 Å². The molecular formula is C8H4INO3. The van der Waals surface area contributed by atoms with Crippen molar-refractivity contribution < 1.29 is 9.34 Å². The molecule has 0 amide bonds. The highest BCUT2D eigenvalue weighted by Gasteiger charge is 2.08. The van der Waals surface area contributed by atoms with Gasteiger partial charge in [0.1, 0.15) is 5.58 Å². The standard InChI is InChI=1S/C8H4INO3/c9-8-3-5-1-2-6(10(11)12)4-7(5)13-8/h1-4H. The van der Waals surface area contributed by atoms with Crippen LogP contribution in [0.25, 0.3) is 11.0 Å². The Balaban J connectivity index is 2.67. The third kappa shape index (κ3) is 1.51. The minimum atomic E-state index is -0.436. The topological polar surface area (TPSA) is 56.3 Å². The van der Waals surface area contributed by atoms with E-state index in [0.29, 0.717) is 5.58 Å². The van der Waals surface area contributed by atoms with Gasteiger partial charge >= 0.3 is 0 Å². The van der Waals surface area contributed by atoms with Crippen molar-refractivity contribution in [1.29, 1.82) is 0 Å². The van der Waals surface area contributed by atoms with Gasteiger partial charge in [0.05, 0.1) is 11.0 Å². The van der Waals surface area contributed by atoms with Gasteiger partial charge in [0.15, 0.2) is 3.77 Å². The third-order valence-corrected chi connectivity index (χ3v) is 2.22. The predicted molar refractivity (Wildman–Crippen MR) is 55.6 cm³/mol. The number of nitrogens with zero attached hydrogens (tertiary/aromatic N) is 1. The zero-order valence-corrected chi connectivity index (χ0v) is 8.52. The van der Waals surface area contributed by atoms with Crippen LogP contribution in [-0.4, -0.2) is 4.92 Å². The number of benzene rings is 1. The van der Waals surface area contributed by atoms with Gasteiger partial charge in [-0.15, -0.1) is 0 Å². The molecule has 0 saturated carbocycles. The molecule has 0 spiro atoms. The van der Waals surface area contributed by atoms with Crippen molar-refractivity contribution in [2.75, 3.05) is 0 Å². The Kier molecular flexibility index (Phi) is 1.95. The summed E-state index contributed by atoms with van der Waals surface area (Å²) in [6.45, 7) is 0. The number of hydrogen-bond acceptors (Lipinski definition) is 3. The molecule has 0 N–H and O–H groups in total. The molecule has 0 bridgehead atoms. The summed E-state index contributed by atoms with van der Waals surface area (Å²) in [4.78, 5) is 9.98. The minimum absolute atomic E-state index is 0.0539. The van der Waals surface area contributed by atoms with Gasteiger partial charge in [0.2, 0.25) is 0 Å². The number of non-ortho nitro benzene ring substituents is 1. The molecule has 0 aliphatic carbocycles. The Morgan fingerprint density at radius 1 is 1.38 bits per heavy atom. The van der Waals surface area contributed by atoms with Crippen LogP contribution in [0.1, 0.15) is 0 Å². The lowest BCUT2D eigenvalue weighted by Gasteiger charge is -1.89. The van der Waals surface area contributed by atoms with E-state index in [-0.39, 0.29) is 5.69 Å². The van der Waals surface area contributed by atoms with Gasteiger partial charge in [-0.2, -0.15) is 0 Å². The molecule has 2 aromatic rings. The minimum Gasteiger partial charge on any atom is -0.450 e. The molecule has 0 fully saturated rings. The molecule has 0 aliphatic rings. The van der Waals surface area contributed by atoms with Crippen LogP contribution in [0.4, 0.5) is 5.69 Å². The number of fused-ring (bicyclic) bond motifs is 1. The number of halogens is 1. The molecule has 13 heavy (non-hydrogen) atoms. The fourth-order valence-electron chi connectivity index (χ4n) is 1.10. The molecule has 1 aromatic heterocycles. The summed E-state index contributed by atoms with van der Waals surface area (Å²) in [5, 5.41) is 11.3. The Labute approximate surface area is 86.8 Å². The predicted octanol–water partition coefficient (Wildman–Crippen LogP) is 2.95. The van der Waals surface area contributed by atoms with Crippen LogP contribution >= 0.6 is 22.6 Å². The maximum Gasteiger partial charge on any atom is 0.273 e. The van der Waals surface area contributed by atoms with E-state index in [1.54, 1.807) is 6.07 Å². The lowest BCUT2D eigenvalue weighted by atomic mass is 10.2. The van der Waals surface area contributed by atoms with Crippen LogP contribution in [-0.2, 0) is 0 Å². The van der Waals surface area contributed by atoms with Gasteiger partial charge in [0.25, 0.3) is 5.69 Å². The van der Waals surface area contributed by atoms with Crippen LogP contribution in [0.2, 0.25) is 0 Å². The molecular weight excluding hydrogens is 285 g/mol. The largest absolute Gasteiger partial charge is 0.450 e. The Morgan fingerprint density at radius 3 is 2.85 bits per heavy atom. The number of rotatable bonds is 1. The average molecular weight is 289 g/mol. The van der Waals surface area contributed by atoms with Gasteiger partial charge in [-0.05, 0) is 34.7 Å². The first-order valence-corrected chi connectivity index (χ1v) is 4.58. The lowest BCUT2D eigenvalue weighted by molar-refractivity contribution is -0.384. The Bertz CT molecular complexity index is 477. The van der Waals surface area contributed by atoms with E-state index in [4.69, 9.17) is 4.42 Å². The molecule has 0 aliphatic heterocycles. The zero-order valence-electron chi connectivity index (χ0n) is 6.36. The summed E-state index contributed by atoms with van der Waals surface area (Å²) in [7, 11) is 0. The van der Waals surface area contributed by atoms with E-state index in [2.05, 4.69) is 0 Å². The zero-order chi connectivity index (χ0) is 9.42. The fourth-order valence-corrected chi connectivity index (χ4v) is 1.67. The van der Waals surface area contributed by atoms with Crippen molar-refractivity contribution in [2.45, 2.75) is 0 Å². The average Bonchev–Trinajstić information content (AvgIpc) is 2.42. The molecule has 0 atom stereocenters. The molecule has 5 heteroatoms. The van der Waals surface area contributed by atoms with Crippen LogP contribution < -0.4 is 0 Å². The number of nitro benzene ring substituents is 1. The number of nitro groups is 1. The maximum atomic E-state index is 10.4. The monoisotopic (exact) mass is 289 g/mol. The van der Waals surface area contributed by atoms with Crippen LogP contribution in [0.3, 0.4) is 0 Å². The molecule has 4 nitrogen and oxygen atoms in total. The first-order chi connectivity index (χ1) is 6.16. The maximum absolute atomic E-state index is 10.4. The molecule has 0 unspecified atom stereocenters. The molecule has 0 radical (unpaired) electrons. The molecule has 1 aromatic carbocycles. The Morgan fingerprint density at radius 2 is 2.15 bits per heavy atom. The summed E-state index contributed by atoms with van der Waals surface area (Å²) in [6, 6.07) is 6.41. The van der Waals surface area contributed by atoms with Crippen LogP contribution in [0.5, 0.6) is 0 Å². The smallest absolute Gasteiger partial charge is 0.273 e. The highest BCUT2D eigenvalue weighted by Crippen LogP contribution is 2.24. The van der Waals surface area contributed by atoms with Crippen molar-refractivity contribution in [3.63, 3.8) is 0 Å². The summed E-state index contributed by atoms with van der Waals surface area (Å²) >= 11 is 2.03. The van der Waals surface area contributed by atoms with Gasteiger partial charge in [0, 0.05) is 11.5 Å². The van der Waals surface area contributed by atoms with E-state index in [1.807, 2.05) is 28.7 Å². The number of hydrogen-bond donors (Lipinski definition) is 0. The quantitative estimate of drug-likeness (QED) is 0.460. The van der Waals surface area contributed by atoms with E-state index < -0.39 is 4.92 Å². The summed E-state index contributed by atoms with van der Waals surface area (Å²) in [5.41, 5.74) is 0.608.